The minimum Gasteiger partial charge on any atom is -0.495 e. The third kappa shape index (κ3) is 5.88. The smallest absolute Gasteiger partial charge is 0.303 e. The average molecular weight is 450 g/mol. The lowest BCUT2D eigenvalue weighted by Gasteiger charge is -2.36. The Balaban J connectivity index is 1.25. The number of nitrogens with zero attached hydrogens (tertiary/aromatic N) is 3. The van der Waals surface area contributed by atoms with Gasteiger partial charge in [-0.25, -0.2) is 0 Å². The molecule has 3 aromatic rings. The van der Waals surface area contributed by atoms with Crippen molar-refractivity contribution in [3.63, 3.8) is 0 Å². The molecule has 2 aromatic carbocycles. The van der Waals surface area contributed by atoms with E-state index in [1.165, 1.54) is 28.6 Å². The summed E-state index contributed by atoms with van der Waals surface area (Å²) in [6.45, 7) is 6.35. The number of methoxy groups -OCH3 is 1. The van der Waals surface area contributed by atoms with Crippen molar-refractivity contribution in [2.45, 2.75) is 38.6 Å². The lowest BCUT2D eigenvalue weighted by atomic mass is 10.1. The van der Waals surface area contributed by atoms with Gasteiger partial charge in [0, 0.05) is 56.2 Å². The largest absolute Gasteiger partial charge is 0.495 e. The van der Waals surface area contributed by atoms with E-state index in [1.54, 1.807) is 7.11 Å². The average Bonchev–Trinajstić information content (AvgIpc) is 3.19. The van der Waals surface area contributed by atoms with E-state index in [-0.39, 0.29) is 6.42 Å². The highest BCUT2D eigenvalue weighted by Gasteiger charge is 2.19. The van der Waals surface area contributed by atoms with Gasteiger partial charge in [0.1, 0.15) is 5.75 Å². The molecule has 0 unspecified atom stereocenters. The van der Waals surface area contributed by atoms with Gasteiger partial charge < -0.3 is 19.3 Å². The summed E-state index contributed by atoms with van der Waals surface area (Å²) in [7, 11) is 1.74. The summed E-state index contributed by atoms with van der Waals surface area (Å²) in [6, 6.07) is 16.8. The van der Waals surface area contributed by atoms with Gasteiger partial charge in [-0.3, -0.25) is 9.69 Å². The van der Waals surface area contributed by atoms with E-state index in [9.17, 15) is 4.79 Å². The summed E-state index contributed by atoms with van der Waals surface area (Å²) in [4.78, 5) is 15.9. The topological polar surface area (TPSA) is 57.9 Å². The van der Waals surface area contributed by atoms with Crippen LogP contribution < -0.4 is 9.64 Å². The summed E-state index contributed by atoms with van der Waals surface area (Å²) in [5.74, 6) is 0.231. The quantitative estimate of drug-likeness (QED) is 0.432. The van der Waals surface area contributed by atoms with Crippen molar-refractivity contribution >= 4 is 22.6 Å². The minimum absolute atomic E-state index is 0.226. The van der Waals surface area contributed by atoms with Crippen LogP contribution in [0.25, 0.3) is 10.9 Å². The van der Waals surface area contributed by atoms with Gasteiger partial charge in [-0.1, -0.05) is 30.3 Å². The number of fused-ring (bicyclic) bond motifs is 1. The number of anilines is 1. The van der Waals surface area contributed by atoms with Crippen LogP contribution in [0.3, 0.4) is 0 Å². The normalized spacial score (nSPS) is 14.6. The number of unbranched alkanes of at least 4 members (excludes halogenated alkanes) is 1. The number of piperazine rings is 1. The van der Waals surface area contributed by atoms with Crippen LogP contribution in [-0.2, 0) is 17.8 Å². The summed E-state index contributed by atoms with van der Waals surface area (Å²) in [6.07, 6.45) is 6.28. The SMILES string of the molecule is COc1ccccc1N1CCN(CCCCn2cc(CCCC(=O)O)c3ccccc32)CC1. The molecule has 2 heterocycles. The summed E-state index contributed by atoms with van der Waals surface area (Å²) < 4.78 is 7.88. The number of rotatable bonds is 11. The Morgan fingerprint density at radius 3 is 2.45 bits per heavy atom. The van der Waals surface area contributed by atoms with E-state index in [0.717, 1.165) is 57.9 Å². The van der Waals surface area contributed by atoms with E-state index in [4.69, 9.17) is 9.84 Å². The lowest BCUT2D eigenvalue weighted by Crippen LogP contribution is -2.46. The Hall–Kier alpha value is -2.99. The van der Waals surface area contributed by atoms with E-state index in [0.29, 0.717) is 6.42 Å². The monoisotopic (exact) mass is 449 g/mol. The fourth-order valence-corrected chi connectivity index (χ4v) is 4.86. The molecule has 4 rings (SSSR count). The second-order valence-electron chi connectivity index (χ2n) is 8.82. The van der Waals surface area contributed by atoms with Crippen molar-refractivity contribution in [1.82, 2.24) is 9.47 Å². The zero-order valence-electron chi connectivity index (χ0n) is 19.6. The minimum atomic E-state index is -0.720. The van der Waals surface area contributed by atoms with Crippen LogP contribution in [0.2, 0.25) is 0 Å². The van der Waals surface area contributed by atoms with Gasteiger partial charge in [-0.15, -0.1) is 0 Å². The number of aryl methyl sites for hydroxylation is 2. The molecule has 0 spiro atoms. The van der Waals surface area contributed by atoms with E-state index < -0.39 is 5.97 Å². The van der Waals surface area contributed by atoms with Crippen LogP contribution in [0.4, 0.5) is 5.69 Å². The molecule has 1 fully saturated rings. The van der Waals surface area contributed by atoms with Crippen molar-refractivity contribution in [2.75, 3.05) is 44.7 Å². The van der Waals surface area contributed by atoms with Crippen LogP contribution in [-0.4, -0.2) is 60.4 Å². The maximum absolute atomic E-state index is 10.9. The number of benzene rings is 2. The second kappa shape index (κ2) is 11.2. The van der Waals surface area contributed by atoms with E-state index >= 15 is 0 Å². The Kier molecular flexibility index (Phi) is 7.89. The van der Waals surface area contributed by atoms with Crippen molar-refractivity contribution < 1.29 is 14.6 Å². The number of para-hydroxylation sites is 3. The third-order valence-electron chi connectivity index (χ3n) is 6.63. The number of hydrogen-bond donors (Lipinski definition) is 1. The van der Waals surface area contributed by atoms with Crippen molar-refractivity contribution in [1.29, 1.82) is 0 Å². The first-order valence-electron chi connectivity index (χ1n) is 12.0. The van der Waals surface area contributed by atoms with E-state index in [2.05, 4.69) is 57.0 Å². The van der Waals surface area contributed by atoms with Gasteiger partial charge >= 0.3 is 5.97 Å². The Morgan fingerprint density at radius 1 is 0.939 bits per heavy atom. The molecule has 0 saturated carbocycles. The van der Waals surface area contributed by atoms with Crippen molar-refractivity contribution in [2.24, 2.45) is 0 Å². The third-order valence-corrected chi connectivity index (χ3v) is 6.63. The second-order valence-corrected chi connectivity index (χ2v) is 8.82. The van der Waals surface area contributed by atoms with Gasteiger partial charge in [0.2, 0.25) is 0 Å². The van der Waals surface area contributed by atoms with Gasteiger partial charge in [-0.05, 0) is 56.0 Å². The van der Waals surface area contributed by atoms with Crippen LogP contribution in [0.5, 0.6) is 5.75 Å². The van der Waals surface area contributed by atoms with Crippen LogP contribution in [0.15, 0.2) is 54.7 Å². The summed E-state index contributed by atoms with van der Waals surface area (Å²) >= 11 is 0. The summed E-state index contributed by atoms with van der Waals surface area (Å²) in [5, 5.41) is 10.2. The molecule has 0 bridgehead atoms. The maximum atomic E-state index is 10.9. The van der Waals surface area contributed by atoms with Crippen molar-refractivity contribution in [3.8, 4) is 5.75 Å². The molecule has 1 aromatic heterocycles. The molecule has 0 atom stereocenters. The van der Waals surface area contributed by atoms with Gasteiger partial charge in [0.15, 0.2) is 0 Å². The zero-order chi connectivity index (χ0) is 23.0. The molecular formula is C27H35N3O3. The predicted octanol–water partition coefficient (Wildman–Crippen LogP) is 4.66. The van der Waals surface area contributed by atoms with Crippen LogP contribution in [0.1, 0.15) is 31.2 Å². The molecule has 0 radical (unpaired) electrons. The number of carboxylic acids is 1. The molecule has 1 aliphatic heterocycles. The number of ether oxygens (including phenoxy) is 1. The Labute approximate surface area is 196 Å². The first kappa shape index (κ1) is 23.2. The molecule has 6 nitrogen and oxygen atoms in total. The molecular weight excluding hydrogens is 414 g/mol. The Bertz CT molecular complexity index is 1050. The number of carboxylic acid groups (broad SMARTS) is 1. The Morgan fingerprint density at radius 2 is 1.67 bits per heavy atom. The first-order valence-corrected chi connectivity index (χ1v) is 12.0. The number of hydrogen-bond acceptors (Lipinski definition) is 4. The molecule has 33 heavy (non-hydrogen) atoms. The van der Waals surface area contributed by atoms with Crippen LogP contribution >= 0.6 is 0 Å². The lowest BCUT2D eigenvalue weighted by molar-refractivity contribution is -0.137. The molecule has 1 aliphatic rings. The highest BCUT2D eigenvalue weighted by molar-refractivity contribution is 5.84. The fourth-order valence-electron chi connectivity index (χ4n) is 4.86. The van der Waals surface area contributed by atoms with Crippen LogP contribution in [0, 0.1) is 0 Å². The molecule has 1 saturated heterocycles. The highest BCUT2D eigenvalue weighted by atomic mass is 16.5. The molecule has 176 valence electrons. The first-order chi connectivity index (χ1) is 16.2. The maximum Gasteiger partial charge on any atom is 0.303 e. The van der Waals surface area contributed by atoms with Gasteiger partial charge in [-0.2, -0.15) is 0 Å². The predicted molar refractivity (Wildman–Crippen MR) is 133 cm³/mol. The standard InChI is InChI=1S/C27H35N3O3/c1-33-26-13-5-4-12-25(26)29-19-17-28(18-20-29)15-6-7-16-30-21-22(9-8-14-27(31)32)23-10-2-3-11-24(23)30/h2-5,10-13,21H,6-9,14-20H2,1H3,(H,31,32). The van der Waals surface area contributed by atoms with Gasteiger partial charge in [0.05, 0.1) is 12.8 Å². The van der Waals surface area contributed by atoms with E-state index in [1.807, 2.05) is 12.1 Å². The molecule has 0 aliphatic carbocycles. The fraction of sp³-hybridized carbons (Fsp3) is 0.444. The molecule has 6 heteroatoms. The number of aliphatic carboxylic acids is 1. The molecule has 0 amide bonds. The van der Waals surface area contributed by atoms with Crippen molar-refractivity contribution in [3.05, 3.63) is 60.3 Å². The number of aromatic nitrogens is 1. The zero-order valence-corrected chi connectivity index (χ0v) is 19.6. The summed E-state index contributed by atoms with van der Waals surface area (Å²) in [5.41, 5.74) is 3.71. The molecule has 1 N–H and O–H groups in total. The van der Waals surface area contributed by atoms with Gasteiger partial charge in [0.25, 0.3) is 0 Å². The highest BCUT2D eigenvalue weighted by Crippen LogP contribution is 2.28. The number of carbonyl (C=O) groups is 1.